The molecule has 11 rings (SSSR count). The predicted molar refractivity (Wildman–Crippen MR) is 469 cm³/mol. The minimum Gasteiger partial charge on any atom is -0.870 e. The SMILES string of the molecule is CCOC(=O)c1ccc(-c2ccc(Cl)cc2)cc1.CCOC(=O)c1ccc(I)cc1.C[C@@H]1CC(=O)[C@@H](N(C)C(=O)[C@H](CCN)CC(=O)c2ccc(-c3ccc(Cl)cc3)cc2)c2ccc(OCCN)c(c2)-c2cc(ccc2OCCN)C[C@@H](C(=O)CCC#N)NC1=O.O=C(O)c1ccc(-c2ccc(Cl)cc2)cc1.OB(O)c1ccc(Cl)cc1.[Na+].[OH-]. The molecule has 1 aliphatic rings. The van der Waals surface area contributed by atoms with E-state index in [9.17, 15) is 43.6 Å². The van der Waals surface area contributed by atoms with Crippen molar-refractivity contribution in [1.82, 2.24) is 10.2 Å². The number of nitrogens with one attached hydrogen (secondary N) is 1. The molecule has 0 aliphatic carbocycles. The fourth-order valence-corrected chi connectivity index (χ4v) is 12.9. The zero-order valence-electron chi connectivity index (χ0n) is 66.2. The molecule has 0 fully saturated rings. The summed E-state index contributed by atoms with van der Waals surface area (Å²) < 4.78 is 23.1. The Morgan fingerprint density at radius 3 is 1.39 bits per heavy atom. The second kappa shape index (κ2) is 51.7. The minimum atomic E-state index is -1.41. The number of amides is 2. The van der Waals surface area contributed by atoms with Crippen LogP contribution < -0.4 is 67.0 Å². The van der Waals surface area contributed by atoms with Crippen LogP contribution in [0.3, 0.4) is 0 Å². The van der Waals surface area contributed by atoms with Gasteiger partial charge < -0.3 is 67.0 Å². The summed E-state index contributed by atoms with van der Waals surface area (Å²) in [6, 6.07) is 67.4. The zero-order valence-corrected chi connectivity index (χ0v) is 73.4. The van der Waals surface area contributed by atoms with Crippen molar-refractivity contribution in [3.8, 4) is 62.1 Å². The molecule has 0 unspecified atom stereocenters. The number of nitrogens with two attached hydrogens (primary N) is 3. The van der Waals surface area contributed by atoms with Crippen molar-refractivity contribution in [1.29, 1.82) is 5.26 Å². The van der Waals surface area contributed by atoms with E-state index in [1.807, 2.05) is 109 Å². The number of ether oxygens (including phenoxy) is 4. The Morgan fingerprint density at radius 1 is 0.571 bits per heavy atom. The second-order valence-electron chi connectivity index (χ2n) is 26.5. The number of nitriles is 1. The first-order valence-electron chi connectivity index (χ1n) is 37.4. The molecule has 10 aromatic rings. The first kappa shape index (κ1) is 99.9. The smallest absolute Gasteiger partial charge is 0.870 e. The van der Waals surface area contributed by atoms with Crippen LogP contribution in [0.2, 0.25) is 20.1 Å². The van der Waals surface area contributed by atoms with E-state index >= 15 is 0 Å². The molecule has 29 heteroatoms. The van der Waals surface area contributed by atoms with Gasteiger partial charge in [0.05, 0.1) is 42.0 Å². The summed E-state index contributed by atoms with van der Waals surface area (Å²) in [5.41, 5.74) is 28.1. The number of ketones is 3. The fraction of sp³-hybridized carbons (Fsp3) is 0.233. The third-order valence-corrected chi connectivity index (χ3v) is 19.8. The van der Waals surface area contributed by atoms with Crippen molar-refractivity contribution in [3.63, 3.8) is 0 Å². The van der Waals surface area contributed by atoms with Crippen molar-refractivity contribution in [2.75, 3.05) is 53.1 Å². The Morgan fingerprint density at radius 2 is 0.975 bits per heavy atom. The maximum Gasteiger partial charge on any atom is 1.00 e. The first-order chi connectivity index (χ1) is 56.2. The maximum absolute atomic E-state index is 14.6. The zero-order chi connectivity index (χ0) is 85.1. The molecule has 22 nitrogen and oxygen atoms in total. The third-order valence-electron chi connectivity index (χ3n) is 18.1. The molecule has 0 saturated carbocycles. The van der Waals surface area contributed by atoms with E-state index in [4.69, 9.17) is 97.7 Å². The number of carboxylic acids is 1. The average molecular weight is 1820 g/mol. The number of hydrogen-bond acceptors (Lipinski definition) is 19. The number of carboxylic acid groups (broad SMARTS) is 1. The molecule has 1 heterocycles. The molecule has 11 N–H and O–H groups in total. The van der Waals surface area contributed by atoms with Crippen LogP contribution >= 0.6 is 69.0 Å². The van der Waals surface area contributed by atoms with Gasteiger partial charge in [0, 0.05) is 98.0 Å². The molecule has 119 heavy (non-hydrogen) atoms. The van der Waals surface area contributed by atoms with Gasteiger partial charge in [-0.25, -0.2) is 14.4 Å². The summed E-state index contributed by atoms with van der Waals surface area (Å²) in [4.78, 5) is 105. The Bertz CT molecular complexity index is 5000. The van der Waals surface area contributed by atoms with E-state index in [-0.39, 0.29) is 135 Å². The molecule has 0 aromatic heterocycles. The number of esters is 2. The summed E-state index contributed by atoms with van der Waals surface area (Å²) in [7, 11) is 0.101. The number of nitrogens with zero attached hydrogens (tertiary/aromatic N) is 2. The van der Waals surface area contributed by atoms with E-state index in [0.29, 0.717) is 89.2 Å². The summed E-state index contributed by atoms with van der Waals surface area (Å²) in [5.74, 6) is -4.43. The minimum absolute atomic E-state index is 0. The van der Waals surface area contributed by atoms with Crippen LogP contribution in [0.1, 0.15) is 111 Å². The largest absolute Gasteiger partial charge is 1.00 e. The molecule has 0 radical (unpaired) electrons. The summed E-state index contributed by atoms with van der Waals surface area (Å²) in [6.45, 7) is 6.88. The number of hydrogen-bond donors (Lipinski definition) is 7. The molecule has 2 amide bonds. The van der Waals surface area contributed by atoms with Gasteiger partial charge in [-0.2, -0.15) is 5.26 Å². The fourth-order valence-electron chi connectivity index (χ4n) is 12.0. The van der Waals surface area contributed by atoms with Crippen LogP contribution in [0.15, 0.2) is 231 Å². The van der Waals surface area contributed by atoms with Gasteiger partial charge in [0.25, 0.3) is 0 Å². The van der Waals surface area contributed by atoms with Crippen LogP contribution in [0.25, 0.3) is 44.5 Å². The van der Waals surface area contributed by atoms with Crippen molar-refractivity contribution in [3.05, 3.63) is 288 Å². The van der Waals surface area contributed by atoms with E-state index in [2.05, 4.69) is 27.9 Å². The van der Waals surface area contributed by atoms with Gasteiger partial charge in [-0.15, -0.1) is 0 Å². The summed E-state index contributed by atoms with van der Waals surface area (Å²) in [5, 5.41) is 40.7. The Hall–Kier alpha value is -9.64. The molecule has 4 atom stereocenters. The van der Waals surface area contributed by atoms with E-state index < -0.39 is 54.6 Å². The first-order valence-corrected chi connectivity index (χ1v) is 40.0. The summed E-state index contributed by atoms with van der Waals surface area (Å²) in [6.07, 6.45) is -0.273. The molecule has 0 saturated heterocycles. The van der Waals surface area contributed by atoms with Gasteiger partial charge in [-0.1, -0.05) is 163 Å². The third kappa shape index (κ3) is 31.5. The number of fused-ring (bicyclic) bond motifs is 5. The molecule has 4 bridgehead atoms. The van der Waals surface area contributed by atoms with Gasteiger partial charge in [0.1, 0.15) is 30.8 Å². The van der Waals surface area contributed by atoms with Gasteiger partial charge in [-0.05, 0) is 227 Å². The van der Waals surface area contributed by atoms with Crippen molar-refractivity contribution < 1.29 is 107 Å². The number of benzene rings is 10. The van der Waals surface area contributed by atoms with Gasteiger partial charge in [0.15, 0.2) is 17.3 Å². The molecular weight excluding hydrogens is 1720 g/mol. The van der Waals surface area contributed by atoms with Crippen LogP contribution in [0.5, 0.6) is 11.5 Å². The monoisotopic (exact) mass is 1810 g/mol. The normalized spacial score (nSPS) is 13.3. The van der Waals surface area contributed by atoms with Crippen LogP contribution in [0, 0.1) is 26.7 Å². The number of halogens is 5. The molecule has 1 aliphatic heterocycles. The quantitative estimate of drug-likeness (QED) is 0.0121. The van der Waals surface area contributed by atoms with E-state index in [1.54, 1.807) is 148 Å². The number of likely N-dealkylation sites (N-methyl/N-ethyl adjacent to an activating group) is 1. The molecular formula is C90H91BCl4IN6NaO16. The van der Waals surface area contributed by atoms with Crippen LogP contribution in [-0.2, 0) is 35.1 Å². The van der Waals surface area contributed by atoms with Crippen molar-refractivity contribution in [2.45, 2.75) is 71.4 Å². The standard InChI is InChI=1S/C47H53ClN6O7.C15H13ClO2.C13H9ClO2.C9H9IO2.C6H6BClO2.Na.H2O/c1-29-24-42(57)45(54(2)47(59)35(17-19-50)28-41(56)33-8-6-31(7-9-33)32-10-13-36(48)14-11-32)34-12-16-44(61-23-21-52)38(27-34)37-25-30(5-15-43(37)60-22-20-51)26-39(53-46(29)58)40(55)4-3-18-49;1-2-18-15(17)13-5-3-11(4-6-13)12-7-9-14(16)10-8-12;14-12-7-5-10(6-8-12)9-1-3-11(4-2-9)13(15)16;1-2-12-9(11)7-3-5-8(10)6-4-7;8-6-3-1-5(2-4-6)7(9)10;;/h5-16,25,27,29,35,39,45H,3-4,17,19-24,26,28,50-52H2,1-2H3,(H,53,58);3-10H,2H2,1H3;1-8H,(H,15,16);3-6H,2H2,1H3;1-4,9-10H;;1H2/q;;;;;+1;/p-1/t29-,35-,39+,45+;;;;;;/m1....../s1. The summed E-state index contributed by atoms with van der Waals surface area (Å²) >= 11 is 25.4. The van der Waals surface area contributed by atoms with E-state index in [0.717, 1.165) is 37.0 Å². The number of carbonyl (C=O) groups excluding carboxylic acids is 7. The van der Waals surface area contributed by atoms with Crippen LogP contribution in [-0.4, -0.2) is 139 Å². The van der Waals surface area contributed by atoms with E-state index in [1.165, 1.54) is 11.9 Å². The maximum atomic E-state index is 14.6. The number of carbonyl (C=O) groups is 8. The Balaban J connectivity index is 0.000000344. The molecule has 0 spiro atoms. The number of rotatable bonds is 25. The Kier molecular flexibility index (Phi) is 43.5. The van der Waals surface area contributed by atoms with Gasteiger partial charge in [0.2, 0.25) is 11.8 Å². The second-order valence-corrected chi connectivity index (χ2v) is 29.5. The average Bonchev–Trinajstić information content (AvgIpc) is 0.777. The molecule has 616 valence electrons. The van der Waals surface area contributed by atoms with Crippen molar-refractivity contribution >= 4 is 129 Å². The number of Topliss-reactive ketones (excluding diaryl/α,β-unsaturated/α-hetero) is 3. The van der Waals surface area contributed by atoms with Crippen molar-refractivity contribution in [2.24, 2.45) is 29.0 Å². The van der Waals surface area contributed by atoms with Crippen LogP contribution in [0.4, 0.5) is 0 Å². The van der Waals surface area contributed by atoms with Gasteiger partial charge >= 0.3 is 54.6 Å². The topological polar surface area (TPSA) is 381 Å². The predicted octanol–water partition coefficient (Wildman–Crippen LogP) is 12.8. The Labute approximate surface area is 748 Å². The van der Waals surface area contributed by atoms with Gasteiger partial charge in [-0.3, -0.25) is 24.0 Å². The number of aromatic carboxylic acids is 1. The molecule has 10 aromatic carbocycles.